The van der Waals surface area contributed by atoms with E-state index in [0.717, 1.165) is 44.5 Å². The maximum atomic E-state index is 12.3. The van der Waals surface area contributed by atoms with Gasteiger partial charge in [-0.2, -0.15) is 0 Å². The maximum Gasteiger partial charge on any atom is 0.226 e. The summed E-state index contributed by atoms with van der Waals surface area (Å²) < 4.78 is 0. The van der Waals surface area contributed by atoms with E-state index in [0.29, 0.717) is 22.4 Å². The first-order chi connectivity index (χ1) is 9.60. The smallest absolute Gasteiger partial charge is 0.226 e. The molecular weight excluding hydrogens is 295 g/mol. The summed E-state index contributed by atoms with van der Waals surface area (Å²) in [7, 11) is 0. The Bertz CT molecular complexity index is 471. The van der Waals surface area contributed by atoms with Crippen LogP contribution in [0.15, 0.2) is 18.2 Å². The Labute approximate surface area is 130 Å². The lowest BCUT2D eigenvalue weighted by Crippen LogP contribution is -2.39. The van der Waals surface area contributed by atoms with E-state index in [1.807, 2.05) is 11.0 Å². The zero-order valence-electron chi connectivity index (χ0n) is 11.4. The number of amides is 1. The zero-order valence-corrected chi connectivity index (χ0v) is 13.0. The van der Waals surface area contributed by atoms with Gasteiger partial charge in [-0.25, -0.2) is 0 Å². The van der Waals surface area contributed by atoms with E-state index < -0.39 is 0 Å². The van der Waals surface area contributed by atoms with Crippen LogP contribution in [0.4, 0.5) is 0 Å². The number of hydrogen-bond acceptors (Lipinski definition) is 2. The van der Waals surface area contributed by atoms with E-state index in [4.69, 9.17) is 28.9 Å². The molecule has 1 saturated heterocycles. The molecule has 1 aromatic carbocycles. The standard InChI is InChI=1S/C15H20Cl2N2O/c16-13-2-1-12(9-14(13)17)10-15(20)19-7-4-11(3-6-18)5-8-19/h1-2,9,11H,3-8,10,18H2. The molecule has 0 aromatic heterocycles. The van der Waals surface area contributed by atoms with Gasteiger partial charge in [-0.1, -0.05) is 29.3 Å². The number of halogens is 2. The van der Waals surface area contributed by atoms with Crippen molar-refractivity contribution in [3.8, 4) is 0 Å². The van der Waals surface area contributed by atoms with Crippen molar-refractivity contribution in [2.45, 2.75) is 25.7 Å². The molecular formula is C15H20Cl2N2O. The lowest BCUT2D eigenvalue weighted by molar-refractivity contribution is -0.131. The summed E-state index contributed by atoms with van der Waals surface area (Å²) >= 11 is 11.8. The van der Waals surface area contributed by atoms with Crippen molar-refractivity contribution in [3.05, 3.63) is 33.8 Å². The summed E-state index contributed by atoms with van der Waals surface area (Å²) in [6.45, 7) is 2.41. The fraction of sp³-hybridized carbons (Fsp3) is 0.533. The highest BCUT2D eigenvalue weighted by Crippen LogP contribution is 2.24. The van der Waals surface area contributed by atoms with Crippen molar-refractivity contribution in [1.29, 1.82) is 0 Å². The van der Waals surface area contributed by atoms with Crippen LogP contribution in [0.3, 0.4) is 0 Å². The third-order valence-corrected chi connectivity index (χ3v) is 4.62. The Morgan fingerprint density at radius 2 is 1.95 bits per heavy atom. The number of benzene rings is 1. The SMILES string of the molecule is NCCC1CCN(C(=O)Cc2ccc(Cl)c(Cl)c2)CC1. The second-order valence-corrected chi connectivity index (χ2v) is 6.14. The first-order valence-corrected chi connectivity index (χ1v) is 7.77. The fourth-order valence-corrected chi connectivity index (χ4v) is 2.96. The normalized spacial score (nSPS) is 16.4. The molecule has 1 fully saturated rings. The average Bonchev–Trinajstić information content (AvgIpc) is 2.44. The van der Waals surface area contributed by atoms with E-state index in [2.05, 4.69) is 0 Å². The number of rotatable bonds is 4. The van der Waals surface area contributed by atoms with Gasteiger partial charge < -0.3 is 10.6 Å². The third-order valence-electron chi connectivity index (χ3n) is 3.88. The van der Waals surface area contributed by atoms with Crippen LogP contribution in [0.1, 0.15) is 24.8 Å². The summed E-state index contributed by atoms with van der Waals surface area (Å²) in [5.74, 6) is 0.837. The van der Waals surface area contributed by atoms with E-state index in [9.17, 15) is 4.79 Å². The Kier molecular flexibility index (Phi) is 5.70. The molecule has 0 radical (unpaired) electrons. The van der Waals surface area contributed by atoms with Crippen LogP contribution in [0.2, 0.25) is 10.0 Å². The summed E-state index contributed by atoms with van der Waals surface area (Å²) in [4.78, 5) is 14.2. The number of nitrogens with zero attached hydrogens (tertiary/aromatic N) is 1. The minimum absolute atomic E-state index is 0.162. The molecule has 110 valence electrons. The minimum atomic E-state index is 0.162. The maximum absolute atomic E-state index is 12.3. The van der Waals surface area contributed by atoms with Crippen LogP contribution in [0, 0.1) is 5.92 Å². The Morgan fingerprint density at radius 1 is 1.25 bits per heavy atom. The summed E-state index contributed by atoms with van der Waals surface area (Å²) in [5.41, 5.74) is 6.49. The second-order valence-electron chi connectivity index (χ2n) is 5.33. The number of carbonyl (C=O) groups is 1. The molecule has 0 unspecified atom stereocenters. The topological polar surface area (TPSA) is 46.3 Å². The molecule has 0 atom stereocenters. The largest absolute Gasteiger partial charge is 0.342 e. The minimum Gasteiger partial charge on any atom is -0.342 e. The number of likely N-dealkylation sites (tertiary alicyclic amines) is 1. The fourth-order valence-electron chi connectivity index (χ4n) is 2.64. The Hall–Kier alpha value is -0.770. The molecule has 1 aliphatic heterocycles. The molecule has 2 N–H and O–H groups in total. The Balaban J connectivity index is 1.88. The van der Waals surface area contributed by atoms with E-state index >= 15 is 0 Å². The Morgan fingerprint density at radius 3 is 2.55 bits per heavy atom. The van der Waals surface area contributed by atoms with Gasteiger partial charge in [-0.05, 0) is 49.4 Å². The number of nitrogens with two attached hydrogens (primary N) is 1. The van der Waals surface area contributed by atoms with Crippen molar-refractivity contribution in [2.75, 3.05) is 19.6 Å². The lowest BCUT2D eigenvalue weighted by atomic mass is 9.93. The molecule has 0 saturated carbocycles. The third kappa shape index (κ3) is 4.11. The summed E-state index contributed by atoms with van der Waals surface area (Å²) in [6, 6.07) is 5.36. The lowest BCUT2D eigenvalue weighted by Gasteiger charge is -2.32. The van der Waals surface area contributed by atoms with Gasteiger partial charge in [-0.15, -0.1) is 0 Å². The van der Waals surface area contributed by atoms with Crippen LogP contribution >= 0.6 is 23.2 Å². The second kappa shape index (κ2) is 7.30. The van der Waals surface area contributed by atoms with E-state index in [1.165, 1.54) is 0 Å². The highest BCUT2D eigenvalue weighted by molar-refractivity contribution is 6.42. The van der Waals surface area contributed by atoms with Crippen LogP contribution in [0.25, 0.3) is 0 Å². The highest BCUT2D eigenvalue weighted by Gasteiger charge is 2.22. The molecule has 2 rings (SSSR count). The number of hydrogen-bond donors (Lipinski definition) is 1. The highest BCUT2D eigenvalue weighted by atomic mass is 35.5. The predicted molar refractivity (Wildman–Crippen MR) is 83.1 cm³/mol. The molecule has 5 heteroatoms. The molecule has 1 aromatic rings. The van der Waals surface area contributed by atoms with Gasteiger partial charge in [0.25, 0.3) is 0 Å². The molecule has 0 aliphatic carbocycles. The van der Waals surface area contributed by atoms with Crippen molar-refractivity contribution in [3.63, 3.8) is 0 Å². The molecule has 1 amide bonds. The molecule has 3 nitrogen and oxygen atoms in total. The van der Waals surface area contributed by atoms with Crippen LogP contribution in [-0.2, 0) is 11.2 Å². The van der Waals surface area contributed by atoms with Crippen molar-refractivity contribution >= 4 is 29.1 Å². The van der Waals surface area contributed by atoms with Gasteiger partial charge in [0.05, 0.1) is 16.5 Å². The number of carbonyl (C=O) groups excluding carboxylic acids is 1. The zero-order chi connectivity index (χ0) is 14.5. The van der Waals surface area contributed by atoms with Crippen LogP contribution in [0.5, 0.6) is 0 Å². The van der Waals surface area contributed by atoms with Gasteiger partial charge in [-0.3, -0.25) is 4.79 Å². The van der Waals surface area contributed by atoms with E-state index in [-0.39, 0.29) is 5.91 Å². The van der Waals surface area contributed by atoms with Crippen LogP contribution < -0.4 is 5.73 Å². The molecule has 1 aliphatic rings. The van der Waals surface area contributed by atoms with Crippen molar-refractivity contribution < 1.29 is 4.79 Å². The number of piperidine rings is 1. The van der Waals surface area contributed by atoms with Crippen molar-refractivity contribution in [1.82, 2.24) is 4.90 Å². The molecule has 0 bridgehead atoms. The van der Waals surface area contributed by atoms with Gasteiger partial charge in [0, 0.05) is 13.1 Å². The molecule has 20 heavy (non-hydrogen) atoms. The first kappa shape index (κ1) is 15.6. The van der Waals surface area contributed by atoms with Crippen molar-refractivity contribution in [2.24, 2.45) is 11.7 Å². The monoisotopic (exact) mass is 314 g/mol. The quantitative estimate of drug-likeness (QED) is 0.928. The summed E-state index contributed by atoms with van der Waals surface area (Å²) in [6.07, 6.45) is 3.57. The average molecular weight is 315 g/mol. The first-order valence-electron chi connectivity index (χ1n) is 7.02. The van der Waals surface area contributed by atoms with Crippen LogP contribution in [-0.4, -0.2) is 30.4 Å². The predicted octanol–water partition coefficient (Wildman–Crippen LogP) is 3.12. The van der Waals surface area contributed by atoms with E-state index in [1.54, 1.807) is 12.1 Å². The summed E-state index contributed by atoms with van der Waals surface area (Å²) in [5, 5.41) is 1.02. The van der Waals surface area contributed by atoms with Gasteiger partial charge in [0.2, 0.25) is 5.91 Å². The molecule has 0 spiro atoms. The van der Waals surface area contributed by atoms with Gasteiger partial charge in [0.15, 0.2) is 0 Å². The van der Waals surface area contributed by atoms with Gasteiger partial charge in [0.1, 0.15) is 0 Å². The van der Waals surface area contributed by atoms with Gasteiger partial charge >= 0.3 is 0 Å². The molecule has 1 heterocycles.